The minimum atomic E-state index is -3.84. The fraction of sp³-hybridized carbons (Fsp3) is 0.571. The van der Waals surface area contributed by atoms with Crippen molar-refractivity contribution in [2.75, 3.05) is 19.8 Å². The third kappa shape index (κ3) is 6.09. The molecule has 0 heterocycles. The maximum Gasteiger partial charge on any atom is 0.243 e. The molecule has 0 atom stereocenters. The molecule has 21 heavy (non-hydrogen) atoms. The van der Waals surface area contributed by atoms with Gasteiger partial charge in [-0.3, -0.25) is 0 Å². The van der Waals surface area contributed by atoms with Crippen LogP contribution in [0.5, 0.6) is 0 Å². The normalized spacial score (nSPS) is 12.0. The van der Waals surface area contributed by atoms with Crippen LogP contribution in [-0.4, -0.2) is 34.2 Å². The van der Waals surface area contributed by atoms with E-state index in [4.69, 9.17) is 4.74 Å². The molecule has 0 unspecified atom stereocenters. The predicted octanol–water partition coefficient (Wildman–Crippen LogP) is 1.64. The van der Waals surface area contributed by atoms with E-state index in [2.05, 4.69) is 10.0 Å². The van der Waals surface area contributed by atoms with Crippen LogP contribution in [0.2, 0.25) is 0 Å². The van der Waals surface area contributed by atoms with Gasteiger partial charge in [-0.05, 0) is 24.6 Å². The van der Waals surface area contributed by atoms with Gasteiger partial charge in [0.1, 0.15) is 10.7 Å². The zero-order chi connectivity index (χ0) is 15.9. The zero-order valence-corrected chi connectivity index (χ0v) is 13.5. The lowest BCUT2D eigenvalue weighted by Crippen LogP contribution is -2.28. The van der Waals surface area contributed by atoms with Crippen molar-refractivity contribution in [3.05, 3.63) is 29.6 Å². The highest BCUT2D eigenvalue weighted by atomic mass is 32.2. The summed E-state index contributed by atoms with van der Waals surface area (Å²) in [5, 5.41) is 3.15. The second-order valence-corrected chi connectivity index (χ2v) is 6.63. The number of hydrogen-bond donors (Lipinski definition) is 2. The molecule has 1 aromatic rings. The van der Waals surface area contributed by atoms with Gasteiger partial charge < -0.3 is 10.1 Å². The fourth-order valence-corrected chi connectivity index (χ4v) is 2.73. The number of sulfonamides is 1. The van der Waals surface area contributed by atoms with Gasteiger partial charge in [0.2, 0.25) is 10.0 Å². The first-order chi connectivity index (χ1) is 9.86. The lowest BCUT2D eigenvalue weighted by Gasteiger charge is -2.11. The Morgan fingerprint density at radius 3 is 2.62 bits per heavy atom. The van der Waals surface area contributed by atoms with Gasteiger partial charge in [0, 0.05) is 25.7 Å². The van der Waals surface area contributed by atoms with E-state index in [9.17, 15) is 12.8 Å². The van der Waals surface area contributed by atoms with Crippen LogP contribution in [0.4, 0.5) is 4.39 Å². The highest BCUT2D eigenvalue weighted by molar-refractivity contribution is 7.89. The van der Waals surface area contributed by atoms with Crippen LogP contribution >= 0.6 is 0 Å². The molecule has 0 aliphatic rings. The summed E-state index contributed by atoms with van der Waals surface area (Å²) < 4.78 is 45.3. The quantitative estimate of drug-likeness (QED) is 0.679. The van der Waals surface area contributed by atoms with E-state index < -0.39 is 15.8 Å². The summed E-state index contributed by atoms with van der Waals surface area (Å²) in [7, 11) is -3.84. The third-order valence-corrected chi connectivity index (χ3v) is 4.24. The Kier molecular flexibility index (Phi) is 7.24. The SMILES string of the molecule is CCOCCNS(=O)(=O)c1ccc(CNC(C)C)cc1F. The van der Waals surface area contributed by atoms with E-state index in [1.165, 1.54) is 12.1 Å². The van der Waals surface area contributed by atoms with E-state index >= 15 is 0 Å². The monoisotopic (exact) mass is 318 g/mol. The first-order valence-electron chi connectivity index (χ1n) is 6.96. The molecule has 5 nitrogen and oxygen atoms in total. The molecule has 120 valence electrons. The molecule has 0 saturated carbocycles. The third-order valence-electron chi connectivity index (χ3n) is 2.74. The van der Waals surface area contributed by atoms with Crippen LogP contribution in [0.3, 0.4) is 0 Å². The van der Waals surface area contributed by atoms with Crippen LogP contribution in [0, 0.1) is 5.82 Å². The number of nitrogens with one attached hydrogen (secondary N) is 2. The van der Waals surface area contributed by atoms with Crippen molar-refractivity contribution in [3.63, 3.8) is 0 Å². The largest absolute Gasteiger partial charge is 0.380 e. The molecule has 1 rings (SSSR count). The molecule has 0 aliphatic carbocycles. The second kappa shape index (κ2) is 8.43. The number of rotatable bonds is 9. The van der Waals surface area contributed by atoms with Gasteiger partial charge in [0.25, 0.3) is 0 Å². The molecule has 0 aliphatic heterocycles. The number of benzene rings is 1. The lowest BCUT2D eigenvalue weighted by molar-refractivity contribution is 0.153. The van der Waals surface area contributed by atoms with Crippen LogP contribution < -0.4 is 10.0 Å². The molecular formula is C14H23FN2O3S. The van der Waals surface area contributed by atoms with Crippen molar-refractivity contribution in [2.45, 2.75) is 38.3 Å². The van der Waals surface area contributed by atoms with Gasteiger partial charge in [-0.1, -0.05) is 19.9 Å². The average Bonchev–Trinajstić information content (AvgIpc) is 2.41. The first-order valence-corrected chi connectivity index (χ1v) is 8.44. The highest BCUT2D eigenvalue weighted by Gasteiger charge is 2.18. The topological polar surface area (TPSA) is 67.4 Å². The summed E-state index contributed by atoms with van der Waals surface area (Å²) >= 11 is 0. The second-order valence-electron chi connectivity index (χ2n) is 4.90. The van der Waals surface area contributed by atoms with Crippen LogP contribution in [0.15, 0.2) is 23.1 Å². The van der Waals surface area contributed by atoms with E-state index in [0.29, 0.717) is 18.7 Å². The zero-order valence-electron chi connectivity index (χ0n) is 12.6. The molecule has 0 spiro atoms. The van der Waals surface area contributed by atoms with Crippen molar-refractivity contribution < 1.29 is 17.5 Å². The summed E-state index contributed by atoms with van der Waals surface area (Å²) in [6, 6.07) is 4.41. The Balaban J connectivity index is 2.74. The maximum atomic E-state index is 14.0. The molecule has 0 saturated heterocycles. The minimum absolute atomic E-state index is 0.117. The molecule has 1 aromatic carbocycles. The Labute approximate surface area is 125 Å². The van der Waals surface area contributed by atoms with Crippen LogP contribution in [-0.2, 0) is 21.3 Å². The molecule has 7 heteroatoms. The van der Waals surface area contributed by atoms with Crippen molar-refractivity contribution in [2.24, 2.45) is 0 Å². The van der Waals surface area contributed by atoms with Crippen molar-refractivity contribution in [3.8, 4) is 0 Å². The highest BCUT2D eigenvalue weighted by Crippen LogP contribution is 2.16. The Morgan fingerprint density at radius 2 is 2.05 bits per heavy atom. The molecule has 0 amide bonds. The Hall–Kier alpha value is -1.02. The Bertz CT molecular complexity index is 547. The molecule has 0 bridgehead atoms. The summed E-state index contributed by atoms with van der Waals surface area (Å²) in [6.07, 6.45) is 0. The van der Waals surface area contributed by atoms with E-state index in [-0.39, 0.29) is 24.1 Å². The molecule has 0 aromatic heterocycles. The number of halogens is 1. The summed E-state index contributed by atoms with van der Waals surface area (Å²) in [4.78, 5) is -0.340. The first kappa shape index (κ1) is 18.0. The van der Waals surface area contributed by atoms with Crippen LogP contribution in [0.25, 0.3) is 0 Å². The molecular weight excluding hydrogens is 295 g/mol. The van der Waals surface area contributed by atoms with Gasteiger partial charge in [-0.2, -0.15) is 0 Å². The summed E-state index contributed by atoms with van der Waals surface area (Å²) in [6.45, 7) is 7.16. The van der Waals surface area contributed by atoms with Gasteiger partial charge in [-0.25, -0.2) is 17.5 Å². The van der Waals surface area contributed by atoms with Gasteiger partial charge in [0.05, 0.1) is 6.61 Å². The minimum Gasteiger partial charge on any atom is -0.380 e. The van der Waals surface area contributed by atoms with Crippen LogP contribution in [0.1, 0.15) is 26.3 Å². The van der Waals surface area contributed by atoms with Crippen molar-refractivity contribution >= 4 is 10.0 Å². The van der Waals surface area contributed by atoms with Gasteiger partial charge in [0.15, 0.2) is 0 Å². The van der Waals surface area contributed by atoms with E-state index in [1.807, 2.05) is 20.8 Å². The summed E-state index contributed by atoms with van der Waals surface area (Å²) in [5.74, 6) is -0.748. The molecule has 0 radical (unpaired) electrons. The standard InChI is InChI=1S/C14H23FN2O3S/c1-4-20-8-7-17-21(18,19)14-6-5-12(9-13(14)15)10-16-11(2)3/h5-6,9,11,16-17H,4,7-8,10H2,1-3H3. The van der Waals surface area contributed by atoms with E-state index in [1.54, 1.807) is 6.07 Å². The molecule has 0 fully saturated rings. The number of ether oxygens (including phenoxy) is 1. The predicted molar refractivity (Wildman–Crippen MR) is 80.1 cm³/mol. The fourth-order valence-electron chi connectivity index (χ4n) is 1.66. The van der Waals surface area contributed by atoms with Crippen molar-refractivity contribution in [1.82, 2.24) is 10.0 Å². The lowest BCUT2D eigenvalue weighted by atomic mass is 10.2. The summed E-state index contributed by atoms with van der Waals surface area (Å²) in [5.41, 5.74) is 0.703. The van der Waals surface area contributed by atoms with E-state index in [0.717, 1.165) is 0 Å². The number of hydrogen-bond acceptors (Lipinski definition) is 4. The van der Waals surface area contributed by atoms with Gasteiger partial charge in [-0.15, -0.1) is 0 Å². The van der Waals surface area contributed by atoms with Crippen molar-refractivity contribution in [1.29, 1.82) is 0 Å². The molecule has 2 N–H and O–H groups in total. The maximum absolute atomic E-state index is 14.0. The Morgan fingerprint density at radius 1 is 1.33 bits per heavy atom. The van der Waals surface area contributed by atoms with Gasteiger partial charge >= 0.3 is 0 Å². The average molecular weight is 318 g/mol. The smallest absolute Gasteiger partial charge is 0.243 e.